The zero-order valence-corrected chi connectivity index (χ0v) is 16.5. The van der Waals surface area contributed by atoms with E-state index in [0.717, 1.165) is 11.1 Å². The molecule has 6 nitrogen and oxygen atoms in total. The maximum Gasteiger partial charge on any atom is 0.387 e. The molecule has 2 aromatic carbocycles. The summed E-state index contributed by atoms with van der Waals surface area (Å²) >= 11 is 1.36. The lowest BCUT2D eigenvalue weighted by Crippen LogP contribution is -2.21. The van der Waals surface area contributed by atoms with Gasteiger partial charge in [0.15, 0.2) is 6.61 Å². The average molecular weight is 445 g/mol. The molecule has 0 spiro atoms. The van der Waals surface area contributed by atoms with Gasteiger partial charge >= 0.3 is 6.61 Å². The number of nitrogens with zero attached hydrogens (tertiary/aromatic N) is 2. The first-order valence-corrected chi connectivity index (χ1v) is 9.84. The number of halogens is 3. The van der Waals surface area contributed by atoms with Crippen LogP contribution in [0.25, 0.3) is 21.3 Å². The monoisotopic (exact) mass is 445 g/mol. The molecule has 0 atom stereocenters. The molecule has 4 aromatic rings. The van der Waals surface area contributed by atoms with E-state index in [1.54, 1.807) is 18.2 Å². The topological polar surface area (TPSA) is 73.3 Å². The van der Waals surface area contributed by atoms with Crippen molar-refractivity contribution in [3.63, 3.8) is 0 Å². The minimum atomic E-state index is -3.02. The maximum atomic E-state index is 13.3. The maximum absolute atomic E-state index is 13.3. The van der Waals surface area contributed by atoms with Crippen molar-refractivity contribution in [2.45, 2.75) is 6.61 Å². The lowest BCUT2D eigenvalue weighted by Gasteiger charge is -2.12. The summed E-state index contributed by atoms with van der Waals surface area (Å²) in [5.41, 5.74) is 1.58. The molecule has 0 saturated carbocycles. The van der Waals surface area contributed by atoms with Gasteiger partial charge in [0.1, 0.15) is 22.7 Å². The number of amides is 1. The van der Waals surface area contributed by atoms with E-state index in [9.17, 15) is 18.0 Å². The summed E-state index contributed by atoms with van der Waals surface area (Å²) in [6.45, 7) is -3.44. The standard InChI is InChI=1S/C21H14F3N3O3S/c22-13-7-5-12(6-8-13)14-10-31-20-18(14)19(25-11-26-20)29-9-17(28)27-15-3-1-2-4-16(15)30-21(23)24/h1-8,10-11,21H,9H2,(H,27,28). The van der Waals surface area contributed by atoms with Gasteiger partial charge in [0.25, 0.3) is 5.91 Å². The van der Waals surface area contributed by atoms with E-state index < -0.39 is 19.1 Å². The van der Waals surface area contributed by atoms with Gasteiger partial charge in [-0.15, -0.1) is 11.3 Å². The fourth-order valence-corrected chi connectivity index (χ4v) is 3.79. The number of nitrogens with one attached hydrogen (secondary N) is 1. The third-order valence-corrected chi connectivity index (χ3v) is 5.09. The number of carbonyl (C=O) groups is 1. The normalized spacial score (nSPS) is 11.0. The molecule has 4 rings (SSSR count). The molecule has 0 aliphatic carbocycles. The van der Waals surface area contributed by atoms with Crippen molar-refractivity contribution in [2.24, 2.45) is 0 Å². The molecular formula is C21H14F3N3O3S. The number of thiophene rings is 1. The van der Waals surface area contributed by atoms with Crippen LogP contribution in [0.2, 0.25) is 0 Å². The van der Waals surface area contributed by atoms with Gasteiger partial charge in [-0.2, -0.15) is 8.78 Å². The molecule has 0 unspecified atom stereocenters. The van der Waals surface area contributed by atoms with Crippen molar-refractivity contribution in [1.29, 1.82) is 0 Å². The third kappa shape index (κ3) is 4.75. The minimum absolute atomic E-state index is 0.0896. The molecule has 1 amide bonds. The van der Waals surface area contributed by atoms with Crippen LogP contribution in [0.4, 0.5) is 18.9 Å². The minimum Gasteiger partial charge on any atom is -0.467 e. The van der Waals surface area contributed by atoms with Crippen LogP contribution in [-0.2, 0) is 4.79 Å². The first-order valence-electron chi connectivity index (χ1n) is 8.96. The van der Waals surface area contributed by atoms with E-state index in [2.05, 4.69) is 20.0 Å². The summed E-state index contributed by atoms with van der Waals surface area (Å²) < 4.78 is 48.3. The number of fused-ring (bicyclic) bond motifs is 1. The van der Waals surface area contributed by atoms with Crippen LogP contribution in [0, 0.1) is 5.82 Å². The number of para-hydroxylation sites is 2. The van der Waals surface area contributed by atoms with Crippen LogP contribution < -0.4 is 14.8 Å². The fourth-order valence-electron chi connectivity index (χ4n) is 2.89. The van der Waals surface area contributed by atoms with E-state index in [4.69, 9.17) is 4.74 Å². The Morgan fingerprint density at radius 3 is 2.65 bits per heavy atom. The molecule has 1 N–H and O–H groups in total. The number of benzene rings is 2. The number of alkyl halides is 2. The second-order valence-electron chi connectivity index (χ2n) is 6.23. The van der Waals surface area contributed by atoms with Gasteiger partial charge < -0.3 is 14.8 Å². The lowest BCUT2D eigenvalue weighted by molar-refractivity contribution is -0.118. The highest BCUT2D eigenvalue weighted by Gasteiger charge is 2.16. The molecule has 0 saturated heterocycles. The number of hydrogen-bond donors (Lipinski definition) is 1. The molecule has 0 aliphatic heterocycles. The molecule has 0 aliphatic rings. The van der Waals surface area contributed by atoms with Gasteiger partial charge in [0.2, 0.25) is 5.88 Å². The zero-order valence-electron chi connectivity index (χ0n) is 15.7. The number of anilines is 1. The van der Waals surface area contributed by atoms with Crippen molar-refractivity contribution >= 4 is 33.1 Å². The number of aromatic nitrogens is 2. The average Bonchev–Trinajstić information content (AvgIpc) is 3.19. The van der Waals surface area contributed by atoms with E-state index in [1.165, 1.54) is 48.0 Å². The van der Waals surface area contributed by atoms with Gasteiger partial charge in [0, 0.05) is 10.9 Å². The van der Waals surface area contributed by atoms with Crippen LogP contribution in [0.3, 0.4) is 0 Å². The Labute approximate surface area is 178 Å². The Kier molecular flexibility index (Phi) is 5.99. The van der Waals surface area contributed by atoms with Crippen LogP contribution in [-0.4, -0.2) is 29.1 Å². The third-order valence-electron chi connectivity index (χ3n) is 4.21. The summed E-state index contributed by atoms with van der Waals surface area (Å²) in [5.74, 6) is -0.927. The quantitative estimate of drug-likeness (QED) is 0.428. The first-order chi connectivity index (χ1) is 15.0. The van der Waals surface area contributed by atoms with Crippen LogP contribution in [0.15, 0.2) is 60.2 Å². The van der Waals surface area contributed by atoms with Gasteiger partial charge in [0.05, 0.1) is 11.1 Å². The summed E-state index contributed by atoms with van der Waals surface area (Å²) in [4.78, 5) is 21.3. The molecule has 0 bridgehead atoms. The van der Waals surface area contributed by atoms with Crippen molar-refractivity contribution in [3.05, 3.63) is 66.1 Å². The number of carbonyl (C=O) groups excluding carboxylic acids is 1. The van der Waals surface area contributed by atoms with Gasteiger partial charge in [-0.05, 0) is 29.8 Å². The Balaban J connectivity index is 1.53. The van der Waals surface area contributed by atoms with Gasteiger partial charge in [-0.1, -0.05) is 24.3 Å². The fraction of sp³-hybridized carbons (Fsp3) is 0.0952. The van der Waals surface area contributed by atoms with Crippen molar-refractivity contribution < 1.29 is 27.4 Å². The summed E-state index contributed by atoms with van der Waals surface area (Å²) in [6, 6.07) is 11.8. The van der Waals surface area contributed by atoms with E-state index in [0.29, 0.717) is 10.2 Å². The number of ether oxygens (including phenoxy) is 2. The molecule has 2 aromatic heterocycles. The van der Waals surface area contributed by atoms with Crippen molar-refractivity contribution in [1.82, 2.24) is 9.97 Å². The summed E-state index contributed by atoms with van der Waals surface area (Å²) in [6.07, 6.45) is 1.31. The highest BCUT2D eigenvalue weighted by atomic mass is 32.1. The van der Waals surface area contributed by atoms with E-state index in [-0.39, 0.29) is 23.1 Å². The molecule has 0 radical (unpaired) electrons. The lowest BCUT2D eigenvalue weighted by atomic mass is 10.1. The Hall–Kier alpha value is -3.66. The molecule has 0 fully saturated rings. The Bertz CT molecular complexity index is 1220. The SMILES string of the molecule is O=C(COc1ncnc2scc(-c3ccc(F)cc3)c12)Nc1ccccc1OC(F)F. The predicted molar refractivity (Wildman–Crippen MR) is 110 cm³/mol. The van der Waals surface area contributed by atoms with Gasteiger partial charge in [-0.25, -0.2) is 14.4 Å². The van der Waals surface area contributed by atoms with E-state index in [1.807, 2.05) is 5.38 Å². The van der Waals surface area contributed by atoms with Crippen LogP contribution in [0.1, 0.15) is 0 Å². The molecular weight excluding hydrogens is 431 g/mol. The molecule has 10 heteroatoms. The smallest absolute Gasteiger partial charge is 0.387 e. The highest BCUT2D eigenvalue weighted by molar-refractivity contribution is 7.17. The van der Waals surface area contributed by atoms with E-state index >= 15 is 0 Å². The van der Waals surface area contributed by atoms with Crippen molar-refractivity contribution in [2.75, 3.05) is 11.9 Å². The second-order valence-corrected chi connectivity index (χ2v) is 7.08. The van der Waals surface area contributed by atoms with Crippen LogP contribution in [0.5, 0.6) is 11.6 Å². The molecule has 2 heterocycles. The van der Waals surface area contributed by atoms with Crippen molar-refractivity contribution in [3.8, 4) is 22.8 Å². The predicted octanol–water partition coefficient (Wildman–Crippen LogP) is 5.12. The first kappa shape index (κ1) is 20.6. The highest BCUT2D eigenvalue weighted by Crippen LogP contribution is 2.37. The summed E-state index contributed by atoms with van der Waals surface area (Å²) in [7, 11) is 0. The van der Waals surface area contributed by atoms with Crippen LogP contribution >= 0.6 is 11.3 Å². The zero-order chi connectivity index (χ0) is 21.8. The number of rotatable bonds is 7. The largest absolute Gasteiger partial charge is 0.467 e. The van der Waals surface area contributed by atoms with Gasteiger partial charge in [-0.3, -0.25) is 4.79 Å². The second kappa shape index (κ2) is 9.00. The Morgan fingerprint density at radius 2 is 1.87 bits per heavy atom. The molecule has 158 valence electrons. The summed E-state index contributed by atoms with van der Waals surface area (Å²) in [5, 5.41) is 4.91. The Morgan fingerprint density at radius 1 is 1.10 bits per heavy atom. The number of hydrogen-bond acceptors (Lipinski definition) is 6. The molecule has 31 heavy (non-hydrogen) atoms.